The van der Waals surface area contributed by atoms with Crippen LogP contribution in [-0.2, 0) is 9.53 Å². The van der Waals surface area contributed by atoms with Crippen LogP contribution in [0.15, 0.2) is 41.8 Å². The van der Waals surface area contributed by atoms with Crippen molar-refractivity contribution in [3.8, 4) is 0 Å². The molecule has 2 aromatic rings. The molecule has 1 aromatic carbocycles. The maximum atomic E-state index is 14.0. The molecule has 3 heterocycles. The monoisotopic (exact) mass is 426 g/mol. The number of benzene rings is 1. The molecular weight excluding hydrogens is 396 g/mol. The third-order valence-corrected chi connectivity index (χ3v) is 6.78. The van der Waals surface area contributed by atoms with E-state index in [0.29, 0.717) is 31.1 Å². The maximum absolute atomic E-state index is 14.0. The molecule has 0 spiro atoms. The zero-order valence-electron chi connectivity index (χ0n) is 18.1. The fourth-order valence-corrected chi connectivity index (χ4v) is 5.66. The predicted octanol–water partition coefficient (Wildman–Crippen LogP) is 4.32. The van der Waals surface area contributed by atoms with Gasteiger partial charge in [0.15, 0.2) is 0 Å². The van der Waals surface area contributed by atoms with Crippen molar-refractivity contribution >= 4 is 23.2 Å². The molecule has 2 aliphatic rings. The first-order valence-corrected chi connectivity index (χ1v) is 11.6. The molecular formula is C24H30N2O3S. The Morgan fingerprint density at radius 3 is 2.47 bits per heavy atom. The first-order chi connectivity index (χ1) is 14.4. The fraction of sp³-hybridized carbons (Fsp3) is 0.500. The second-order valence-corrected chi connectivity index (χ2v) is 9.86. The minimum absolute atomic E-state index is 0.00474. The Balaban J connectivity index is 1.82. The highest BCUT2D eigenvalue weighted by Crippen LogP contribution is 2.45. The van der Waals surface area contributed by atoms with Crippen LogP contribution in [0.1, 0.15) is 60.5 Å². The summed E-state index contributed by atoms with van der Waals surface area (Å²) in [6, 6.07) is 11.4. The number of ether oxygens (including phenoxy) is 1. The summed E-state index contributed by atoms with van der Waals surface area (Å²) < 4.78 is 5.86. The van der Waals surface area contributed by atoms with Crippen LogP contribution in [-0.4, -0.2) is 53.5 Å². The summed E-state index contributed by atoms with van der Waals surface area (Å²) in [6.07, 6.45) is 0.00948. The average molecular weight is 427 g/mol. The number of carbonyl (C=O) groups excluding carboxylic acids is 2. The summed E-state index contributed by atoms with van der Waals surface area (Å²) >= 11 is 1.62. The van der Waals surface area contributed by atoms with Gasteiger partial charge in [0, 0.05) is 30.1 Å². The minimum atomic E-state index is -0.409. The first kappa shape index (κ1) is 21.1. The van der Waals surface area contributed by atoms with E-state index in [1.807, 2.05) is 59.4 Å². The zero-order valence-corrected chi connectivity index (χ0v) is 18.9. The van der Waals surface area contributed by atoms with Crippen molar-refractivity contribution in [2.45, 2.75) is 51.9 Å². The zero-order chi connectivity index (χ0) is 21.4. The molecule has 4 atom stereocenters. The molecule has 0 N–H and O–H groups in total. The highest BCUT2D eigenvalue weighted by atomic mass is 32.1. The van der Waals surface area contributed by atoms with E-state index in [4.69, 9.17) is 4.74 Å². The van der Waals surface area contributed by atoms with Crippen LogP contribution in [0.2, 0.25) is 0 Å². The van der Waals surface area contributed by atoms with Gasteiger partial charge in [0.1, 0.15) is 0 Å². The molecule has 6 heteroatoms. The molecule has 0 aliphatic carbocycles. The van der Waals surface area contributed by atoms with E-state index in [0.717, 1.165) is 10.4 Å². The van der Waals surface area contributed by atoms with E-state index in [-0.39, 0.29) is 30.1 Å². The lowest BCUT2D eigenvalue weighted by atomic mass is 9.80. The lowest BCUT2D eigenvalue weighted by Gasteiger charge is -2.45. The quantitative estimate of drug-likeness (QED) is 0.732. The highest BCUT2D eigenvalue weighted by molar-refractivity contribution is 7.10. The summed E-state index contributed by atoms with van der Waals surface area (Å²) in [5.74, 6) is 0.00391. The summed E-state index contributed by atoms with van der Waals surface area (Å²) in [7, 11) is 0. The van der Waals surface area contributed by atoms with Crippen molar-refractivity contribution in [1.29, 1.82) is 0 Å². The molecule has 1 fully saturated rings. The van der Waals surface area contributed by atoms with Gasteiger partial charge in [-0.05, 0) is 42.8 Å². The second-order valence-electron chi connectivity index (χ2n) is 8.88. The summed E-state index contributed by atoms with van der Waals surface area (Å²) in [5.41, 5.74) is 1.50. The van der Waals surface area contributed by atoms with Crippen molar-refractivity contribution in [3.05, 3.63) is 57.8 Å². The maximum Gasteiger partial charge on any atom is 0.254 e. The summed E-state index contributed by atoms with van der Waals surface area (Å²) in [6.45, 7) is 10.0. The number of hydrogen-bond donors (Lipinski definition) is 0. The van der Waals surface area contributed by atoms with Gasteiger partial charge < -0.3 is 14.5 Å². The average Bonchev–Trinajstić information content (AvgIpc) is 3.22. The molecule has 4 rings (SSSR count). The smallest absolute Gasteiger partial charge is 0.254 e. The molecule has 5 nitrogen and oxygen atoms in total. The van der Waals surface area contributed by atoms with Gasteiger partial charge in [-0.15, -0.1) is 11.3 Å². The van der Waals surface area contributed by atoms with Crippen molar-refractivity contribution in [1.82, 2.24) is 9.80 Å². The van der Waals surface area contributed by atoms with Crippen LogP contribution >= 0.6 is 11.3 Å². The summed E-state index contributed by atoms with van der Waals surface area (Å²) in [5, 5.41) is 2.02. The number of fused-ring (bicyclic) bond motifs is 1. The Morgan fingerprint density at radius 2 is 1.83 bits per heavy atom. The number of hydrogen-bond acceptors (Lipinski definition) is 4. The molecule has 160 valence electrons. The van der Waals surface area contributed by atoms with E-state index >= 15 is 0 Å². The van der Waals surface area contributed by atoms with Gasteiger partial charge >= 0.3 is 0 Å². The van der Waals surface area contributed by atoms with Crippen LogP contribution in [0.5, 0.6) is 0 Å². The van der Waals surface area contributed by atoms with Gasteiger partial charge in [-0.1, -0.05) is 38.1 Å². The lowest BCUT2D eigenvalue weighted by molar-refractivity contribution is -0.146. The topological polar surface area (TPSA) is 49.9 Å². The molecule has 0 bridgehead atoms. The van der Waals surface area contributed by atoms with Gasteiger partial charge in [0.25, 0.3) is 5.91 Å². The predicted molar refractivity (Wildman–Crippen MR) is 119 cm³/mol. The van der Waals surface area contributed by atoms with Crippen molar-refractivity contribution in [2.24, 2.45) is 5.92 Å². The largest absolute Gasteiger partial charge is 0.372 e. The summed E-state index contributed by atoms with van der Waals surface area (Å²) in [4.78, 5) is 32.4. The molecule has 30 heavy (non-hydrogen) atoms. The third-order valence-electron chi connectivity index (χ3n) is 5.83. The Hall–Kier alpha value is -2.18. The Labute approximate surface area is 182 Å². The van der Waals surface area contributed by atoms with Gasteiger partial charge in [0.05, 0.1) is 24.2 Å². The van der Waals surface area contributed by atoms with Gasteiger partial charge in [-0.2, -0.15) is 0 Å². The number of carbonyl (C=O) groups is 2. The van der Waals surface area contributed by atoms with E-state index in [2.05, 4.69) is 19.9 Å². The van der Waals surface area contributed by atoms with Gasteiger partial charge in [-0.3, -0.25) is 9.59 Å². The number of rotatable bonds is 4. The Morgan fingerprint density at radius 1 is 1.13 bits per heavy atom. The van der Waals surface area contributed by atoms with Crippen molar-refractivity contribution in [2.75, 3.05) is 19.6 Å². The Bertz CT molecular complexity index is 901. The third kappa shape index (κ3) is 3.91. The molecule has 2 amide bonds. The van der Waals surface area contributed by atoms with E-state index in [9.17, 15) is 9.59 Å². The standard InChI is InChI=1S/C24H30N2O3S/c1-15(2)12-26-22(20-10-7-11-30-20)21(18-8-5-6-9-19(18)23(26)27)24(28)25-13-16(3)29-17(4)14-25/h5-11,15-17,21-22H,12-14H2,1-4H3/t16-,17-,21-,22+/m0/s1. The van der Waals surface area contributed by atoms with E-state index < -0.39 is 5.92 Å². The Kier molecular flexibility index (Phi) is 5.98. The number of amides is 2. The van der Waals surface area contributed by atoms with Crippen molar-refractivity contribution in [3.63, 3.8) is 0 Å². The number of nitrogens with zero attached hydrogens (tertiary/aromatic N) is 2. The molecule has 1 saturated heterocycles. The number of thiophene rings is 1. The van der Waals surface area contributed by atoms with Gasteiger partial charge in [-0.25, -0.2) is 0 Å². The second kappa shape index (κ2) is 8.52. The molecule has 0 unspecified atom stereocenters. The van der Waals surface area contributed by atoms with Crippen LogP contribution in [0.4, 0.5) is 0 Å². The van der Waals surface area contributed by atoms with Crippen LogP contribution in [0, 0.1) is 5.92 Å². The minimum Gasteiger partial charge on any atom is -0.372 e. The van der Waals surface area contributed by atoms with Crippen LogP contribution in [0.3, 0.4) is 0 Å². The van der Waals surface area contributed by atoms with Gasteiger partial charge in [0.2, 0.25) is 5.91 Å². The van der Waals surface area contributed by atoms with Crippen LogP contribution in [0.25, 0.3) is 0 Å². The van der Waals surface area contributed by atoms with E-state index in [1.165, 1.54) is 0 Å². The lowest BCUT2D eigenvalue weighted by Crippen LogP contribution is -2.53. The molecule has 2 aliphatic heterocycles. The van der Waals surface area contributed by atoms with Crippen LogP contribution < -0.4 is 0 Å². The normalized spacial score (nSPS) is 26.8. The fourth-order valence-electron chi connectivity index (χ4n) is 4.78. The molecule has 0 saturated carbocycles. The van der Waals surface area contributed by atoms with Crippen molar-refractivity contribution < 1.29 is 14.3 Å². The SMILES string of the molecule is CC(C)CN1C(=O)c2ccccc2[C@H](C(=O)N2C[C@H](C)O[C@@H](C)C2)[C@H]1c1cccs1. The molecule has 0 radical (unpaired) electrons. The molecule has 1 aromatic heterocycles. The van der Waals surface area contributed by atoms with E-state index in [1.54, 1.807) is 11.3 Å². The number of morpholine rings is 1. The highest BCUT2D eigenvalue weighted by Gasteiger charge is 2.46. The first-order valence-electron chi connectivity index (χ1n) is 10.7.